The van der Waals surface area contributed by atoms with Crippen molar-refractivity contribution in [1.29, 1.82) is 0 Å². The molecule has 0 N–H and O–H groups in total. The van der Waals surface area contributed by atoms with Crippen LogP contribution in [0.3, 0.4) is 0 Å². The fourth-order valence-corrected chi connectivity index (χ4v) is 1.68. The lowest BCUT2D eigenvalue weighted by Crippen LogP contribution is -1.93. The van der Waals surface area contributed by atoms with Crippen LogP contribution in [0.25, 0.3) is 11.1 Å². The van der Waals surface area contributed by atoms with Crippen LogP contribution in [0.4, 0.5) is 0 Å². The van der Waals surface area contributed by atoms with Crippen molar-refractivity contribution in [2.24, 2.45) is 0 Å². The SMILES string of the molecule is CC(=O)CCc1nc2ccc(Br)cc2o1. The van der Waals surface area contributed by atoms with Crippen LogP contribution in [-0.2, 0) is 11.2 Å². The van der Waals surface area contributed by atoms with Crippen LogP contribution in [0.15, 0.2) is 27.1 Å². The summed E-state index contributed by atoms with van der Waals surface area (Å²) in [6.07, 6.45) is 1.05. The topological polar surface area (TPSA) is 43.1 Å². The molecule has 2 aromatic rings. The number of carbonyl (C=O) groups excluding carboxylic acids is 1. The molecule has 0 radical (unpaired) electrons. The van der Waals surface area contributed by atoms with Gasteiger partial charge in [0.15, 0.2) is 11.5 Å². The number of hydrogen-bond donors (Lipinski definition) is 0. The second-order valence-electron chi connectivity index (χ2n) is 3.42. The highest BCUT2D eigenvalue weighted by Gasteiger charge is 2.06. The van der Waals surface area contributed by atoms with E-state index in [1.54, 1.807) is 6.92 Å². The van der Waals surface area contributed by atoms with Crippen molar-refractivity contribution < 1.29 is 9.21 Å². The predicted molar refractivity (Wildman–Crippen MR) is 60.7 cm³/mol. The highest BCUT2D eigenvalue weighted by atomic mass is 79.9. The highest BCUT2D eigenvalue weighted by Crippen LogP contribution is 2.20. The molecule has 15 heavy (non-hydrogen) atoms. The first kappa shape index (κ1) is 10.4. The molecule has 3 nitrogen and oxygen atoms in total. The Bertz CT molecular complexity index is 504. The van der Waals surface area contributed by atoms with Crippen molar-refractivity contribution in [3.05, 3.63) is 28.6 Å². The Kier molecular flexibility index (Phi) is 2.86. The molecule has 0 spiro atoms. The number of benzene rings is 1. The van der Waals surface area contributed by atoms with E-state index >= 15 is 0 Å². The van der Waals surface area contributed by atoms with Crippen molar-refractivity contribution in [2.75, 3.05) is 0 Å². The molecule has 0 aliphatic rings. The van der Waals surface area contributed by atoms with Gasteiger partial charge in [0.2, 0.25) is 0 Å². The van der Waals surface area contributed by atoms with E-state index in [-0.39, 0.29) is 5.78 Å². The maximum absolute atomic E-state index is 10.8. The number of oxazole rings is 1. The third-order valence-corrected chi connectivity index (χ3v) is 2.58. The molecule has 0 aliphatic carbocycles. The summed E-state index contributed by atoms with van der Waals surface area (Å²) in [6, 6.07) is 5.68. The van der Waals surface area contributed by atoms with E-state index in [4.69, 9.17) is 4.42 Å². The van der Waals surface area contributed by atoms with E-state index in [1.807, 2.05) is 18.2 Å². The molecule has 0 aliphatic heterocycles. The molecule has 0 saturated carbocycles. The largest absolute Gasteiger partial charge is 0.441 e. The van der Waals surface area contributed by atoms with Gasteiger partial charge in [-0.05, 0) is 25.1 Å². The van der Waals surface area contributed by atoms with E-state index in [9.17, 15) is 4.79 Å². The highest BCUT2D eigenvalue weighted by molar-refractivity contribution is 9.10. The van der Waals surface area contributed by atoms with E-state index < -0.39 is 0 Å². The van der Waals surface area contributed by atoms with Crippen LogP contribution < -0.4 is 0 Å². The van der Waals surface area contributed by atoms with Crippen molar-refractivity contribution in [1.82, 2.24) is 4.98 Å². The summed E-state index contributed by atoms with van der Waals surface area (Å²) in [5, 5.41) is 0. The average Bonchev–Trinajstić information content (AvgIpc) is 2.56. The third kappa shape index (κ3) is 2.45. The molecule has 0 bridgehead atoms. The Morgan fingerprint density at radius 2 is 2.33 bits per heavy atom. The van der Waals surface area contributed by atoms with Crippen molar-refractivity contribution >= 4 is 32.8 Å². The predicted octanol–water partition coefficient (Wildman–Crippen LogP) is 3.11. The van der Waals surface area contributed by atoms with E-state index in [2.05, 4.69) is 20.9 Å². The number of nitrogens with zero attached hydrogens (tertiary/aromatic N) is 1. The van der Waals surface area contributed by atoms with E-state index in [0.29, 0.717) is 18.7 Å². The molecule has 4 heteroatoms. The number of hydrogen-bond acceptors (Lipinski definition) is 3. The zero-order chi connectivity index (χ0) is 10.8. The number of rotatable bonds is 3. The molecular formula is C11H10BrNO2. The summed E-state index contributed by atoms with van der Waals surface area (Å²) in [5.74, 6) is 0.775. The quantitative estimate of drug-likeness (QED) is 0.858. The Hall–Kier alpha value is -1.16. The van der Waals surface area contributed by atoms with Crippen LogP contribution in [0, 0.1) is 0 Å². The second-order valence-corrected chi connectivity index (χ2v) is 4.34. The fourth-order valence-electron chi connectivity index (χ4n) is 1.34. The summed E-state index contributed by atoms with van der Waals surface area (Å²) in [7, 11) is 0. The van der Waals surface area contributed by atoms with Gasteiger partial charge in [-0.25, -0.2) is 4.98 Å². The van der Waals surface area contributed by atoms with Crippen molar-refractivity contribution in [2.45, 2.75) is 19.8 Å². The van der Waals surface area contributed by atoms with Gasteiger partial charge in [-0.2, -0.15) is 0 Å². The standard InChI is InChI=1S/C11H10BrNO2/c1-7(14)2-5-11-13-9-4-3-8(12)6-10(9)15-11/h3-4,6H,2,5H2,1H3. The molecule has 1 aromatic heterocycles. The van der Waals surface area contributed by atoms with Crippen LogP contribution in [0.2, 0.25) is 0 Å². The molecule has 0 fully saturated rings. The van der Waals surface area contributed by atoms with Crippen LogP contribution >= 0.6 is 15.9 Å². The maximum Gasteiger partial charge on any atom is 0.195 e. The summed E-state index contributed by atoms with van der Waals surface area (Å²) in [6.45, 7) is 1.57. The lowest BCUT2D eigenvalue weighted by Gasteiger charge is -1.89. The molecule has 78 valence electrons. The average molecular weight is 268 g/mol. The van der Waals surface area contributed by atoms with Gasteiger partial charge in [0.1, 0.15) is 11.3 Å². The lowest BCUT2D eigenvalue weighted by atomic mass is 10.2. The monoisotopic (exact) mass is 267 g/mol. The van der Waals surface area contributed by atoms with Gasteiger partial charge in [0.25, 0.3) is 0 Å². The molecule has 0 atom stereocenters. The third-order valence-electron chi connectivity index (χ3n) is 2.09. The smallest absolute Gasteiger partial charge is 0.195 e. The van der Waals surface area contributed by atoms with Gasteiger partial charge in [0, 0.05) is 17.3 Å². The van der Waals surface area contributed by atoms with Crippen LogP contribution in [-0.4, -0.2) is 10.8 Å². The molecule has 1 heterocycles. The molecule has 2 rings (SSSR count). The van der Waals surface area contributed by atoms with Crippen molar-refractivity contribution in [3.8, 4) is 0 Å². The minimum atomic E-state index is 0.151. The van der Waals surface area contributed by atoms with E-state index in [0.717, 1.165) is 15.6 Å². The Morgan fingerprint density at radius 1 is 1.53 bits per heavy atom. The number of halogens is 1. The number of aryl methyl sites for hydroxylation is 1. The maximum atomic E-state index is 10.8. The molecule has 0 amide bonds. The number of ketones is 1. The first-order valence-electron chi connectivity index (χ1n) is 4.69. The fraction of sp³-hybridized carbons (Fsp3) is 0.273. The summed E-state index contributed by atoms with van der Waals surface area (Å²) in [4.78, 5) is 15.1. The van der Waals surface area contributed by atoms with Crippen LogP contribution in [0.1, 0.15) is 19.2 Å². The van der Waals surface area contributed by atoms with Gasteiger partial charge >= 0.3 is 0 Å². The zero-order valence-corrected chi connectivity index (χ0v) is 9.87. The summed E-state index contributed by atoms with van der Waals surface area (Å²) < 4.78 is 6.47. The van der Waals surface area contributed by atoms with Gasteiger partial charge in [-0.3, -0.25) is 0 Å². The summed E-state index contributed by atoms with van der Waals surface area (Å²) >= 11 is 3.36. The first-order valence-corrected chi connectivity index (χ1v) is 5.49. The molecule has 0 unspecified atom stereocenters. The molecule has 0 saturated heterocycles. The van der Waals surface area contributed by atoms with Crippen molar-refractivity contribution in [3.63, 3.8) is 0 Å². The molecule has 1 aromatic carbocycles. The van der Waals surface area contributed by atoms with Gasteiger partial charge in [-0.15, -0.1) is 0 Å². The Morgan fingerprint density at radius 3 is 3.07 bits per heavy atom. The molecular weight excluding hydrogens is 258 g/mol. The number of aromatic nitrogens is 1. The first-order chi connectivity index (χ1) is 7.15. The second kappa shape index (κ2) is 4.14. The normalized spacial score (nSPS) is 10.8. The summed E-state index contributed by atoms with van der Waals surface area (Å²) in [5.41, 5.74) is 1.58. The Labute approximate surface area is 95.6 Å². The van der Waals surface area contributed by atoms with E-state index in [1.165, 1.54) is 0 Å². The minimum Gasteiger partial charge on any atom is -0.441 e. The minimum absolute atomic E-state index is 0.151. The number of fused-ring (bicyclic) bond motifs is 1. The number of Topliss-reactive ketones (excluding diaryl/α,β-unsaturated/α-hetero) is 1. The lowest BCUT2D eigenvalue weighted by molar-refractivity contribution is -0.117. The van der Waals surface area contributed by atoms with Gasteiger partial charge in [0.05, 0.1) is 0 Å². The number of carbonyl (C=O) groups is 1. The Balaban J connectivity index is 2.27. The van der Waals surface area contributed by atoms with Crippen LogP contribution in [0.5, 0.6) is 0 Å². The van der Waals surface area contributed by atoms with Gasteiger partial charge in [-0.1, -0.05) is 15.9 Å². The zero-order valence-electron chi connectivity index (χ0n) is 8.29. The van der Waals surface area contributed by atoms with Gasteiger partial charge < -0.3 is 9.21 Å².